The fourth-order valence-electron chi connectivity index (χ4n) is 2.54. The van der Waals surface area contributed by atoms with Gasteiger partial charge in [-0.05, 0) is 52.9 Å². The van der Waals surface area contributed by atoms with Crippen LogP contribution in [0.5, 0.6) is 5.75 Å². The van der Waals surface area contributed by atoms with Crippen molar-refractivity contribution >= 4 is 25.8 Å². The molecule has 2 N–H and O–H groups in total. The fourth-order valence-corrected chi connectivity index (χ4v) is 4.22. The molecule has 0 spiro atoms. The smallest absolute Gasteiger partial charge is 0.150 e. The topological polar surface area (TPSA) is 69.4 Å². The Balaban J connectivity index is 2.06. The van der Waals surface area contributed by atoms with Crippen molar-refractivity contribution < 1.29 is 13.2 Å². The third-order valence-electron chi connectivity index (χ3n) is 3.71. The van der Waals surface area contributed by atoms with Crippen molar-refractivity contribution in [2.45, 2.75) is 43.6 Å². The molecule has 1 aliphatic rings. The van der Waals surface area contributed by atoms with Crippen LogP contribution in [0.25, 0.3) is 0 Å². The van der Waals surface area contributed by atoms with Crippen molar-refractivity contribution in [1.29, 1.82) is 0 Å². The molecule has 1 aliphatic carbocycles. The molecule has 1 aromatic rings. The third kappa shape index (κ3) is 3.96. The summed E-state index contributed by atoms with van der Waals surface area (Å²) >= 11 is 3.47. The molecule has 2 rings (SSSR count). The van der Waals surface area contributed by atoms with Gasteiger partial charge < -0.3 is 10.5 Å². The quantitative estimate of drug-likeness (QED) is 0.894. The van der Waals surface area contributed by atoms with E-state index in [1.807, 2.05) is 18.2 Å². The lowest BCUT2D eigenvalue weighted by atomic mass is 9.97. The van der Waals surface area contributed by atoms with E-state index in [0.29, 0.717) is 13.0 Å². The first kappa shape index (κ1) is 15.8. The summed E-state index contributed by atoms with van der Waals surface area (Å²) in [6.45, 7) is 0.485. The zero-order chi connectivity index (χ0) is 14.8. The van der Waals surface area contributed by atoms with E-state index in [1.165, 1.54) is 6.26 Å². The van der Waals surface area contributed by atoms with Crippen LogP contribution in [-0.2, 0) is 16.4 Å². The second-order valence-electron chi connectivity index (χ2n) is 5.33. The number of sulfone groups is 1. The van der Waals surface area contributed by atoms with Crippen LogP contribution in [0.3, 0.4) is 0 Å². The highest BCUT2D eigenvalue weighted by Crippen LogP contribution is 2.31. The van der Waals surface area contributed by atoms with E-state index in [0.717, 1.165) is 35.0 Å². The maximum absolute atomic E-state index is 11.7. The summed E-state index contributed by atoms with van der Waals surface area (Å²) in [4.78, 5) is 0. The van der Waals surface area contributed by atoms with Gasteiger partial charge in [0.15, 0.2) is 0 Å². The molecule has 0 heterocycles. The molecule has 0 radical (unpaired) electrons. The second kappa shape index (κ2) is 6.45. The lowest BCUT2D eigenvalue weighted by Crippen LogP contribution is -2.33. The lowest BCUT2D eigenvalue weighted by Gasteiger charge is -2.28. The molecule has 2 atom stereocenters. The molecule has 0 saturated heterocycles. The van der Waals surface area contributed by atoms with Gasteiger partial charge in [0, 0.05) is 19.2 Å². The number of nitrogens with two attached hydrogens (primary N) is 1. The van der Waals surface area contributed by atoms with E-state index in [-0.39, 0.29) is 11.4 Å². The van der Waals surface area contributed by atoms with E-state index in [4.69, 9.17) is 10.5 Å². The van der Waals surface area contributed by atoms with Crippen molar-refractivity contribution in [2.24, 2.45) is 5.73 Å². The predicted molar refractivity (Wildman–Crippen MR) is 83.5 cm³/mol. The van der Waals surface area contributed by atoms with Crippen molar-refractivity contribution in [3.8, 4) is 5.75 Å². The summed E-state index contributed by atoms with van der Waals surface area (Å²) in [7, 11) is -2.98. The zero-order valence-corrected chi connectivity index (χ0v) is 13.9. The maximum Gasteiger partial charge on any atom is 0.150 e. The van der Waals surface area contributed by atoms with Gasteiger partial charge in [0.05, 0.1) is 9.72 Å². The van der Waals surface area contributed by atoms with Crippen LogP contribution in [0.2, 0.25) is 0 Å². The van der Waals surface area contributed by atoms with Crippen LogP contribution in [0, 0.1) is 0 Å². The Bertz CT molecular complexity index is 574. The van der Waals surface area contributed by atoms with Gasteiger partial charge in [-0.15, -0.1) is 0 Å². The zero-order valence-electron chi connectivity index (χ0n) is 11.5. The first-order valence-corrected chi connectivity index (χ1v) is 9.49. The van der Waals surface area contributed by atoms with Gasteiger partial charge >= 0.3 is 0 Å². The summed E-state index contributed by atoms with van der Waals surface area (Å²) in [6.07, 6.45) is 4.38. The lowest BCUT2D eigenvalue weighted by molar-refractivity contribution is 0.155. The molecular formula is C14H20BrNO3S. The van der Waals surface area contributed by atoms with Gasteiger partial charge in [-0.2, -0.15) is 0 Å². The third-order valence-corrected chi connectivity index (χ3v) is 5.97. The van der Waals surface area contributed by atoms with Gasteiger partial charge in [-0.1, -0.05) is 6.07 Å². The van der Waals surface area contributed by atoms with Gasteiger partial charge in [-0.25, -0.2) is 8.42 Å². The molecule has 1 fully saturated rings. The molecule has 0 aliphatic heterocycles. The summed E-state index contributed by atoms with van der Waals surface area (Å²) < 4.78 is 30.1. The van der Waals surface area contributed by atoms with Gasteiger partial charge in [0.2, 0.25) is 0 Å². The minimum atomic E-state index is -2.98. The molecule has 0 aromatic heterocycles. The van der Waals surface area contributed by atoms with Crippen LogP contribution in [0.1, 0.15) is 31.2 Å². The average molecular weight is 362 g/mol. The SMILES string of the molecule is CS(=O)(=O)C1CCCC(Oc2ccc(CN)cc2Br)C1. The number of benzene rings is 1. The van der Waals surface area contributed by atoms with Crippen LogP contribution < -0.4 is 10.5 Å². The Hall–Kier alpha value is -0.590. The molecular weight excluding hydrogens is 342 g/mol. The first-order valence-electron chi connectivity index (χ1n) is 6.74. The van der Waals surface area contributed by atoms with Gasteiger partial charge in [0.25, 0.3) is 0 Å². The normalized spacial score (nSPS) is 23.6. The second-order valence-corrected chi connectivity index (χ2v) is 8.51. The molecule has 112 valence electrons. The number of hydrogen-bond donors (Lipinski definition) is 1. The Morgan fingerprint density at radius 3 is 2.75 bits per heavy atom. The summed E-state index contributed by atoms with van der Waals surface area (Å²) in [5.41, 5.74) is 6.62. The highest BCUT2D eigenvalue weighted by atomic mass is 79.9. The molecule has 20 heavy (non-hydrogen) atoms. The number of rotatable bonds is 4. The molecule has 0 amide bonds. The number of ether oxygens (including phenoxy) is 1. The van der Waals surface area contributed by atoms with Crippen molar-refractivity contribution in [2.75, 3.05) is 6.26 Å². The molecule has 1 aromatic carbocycles. The molecule has 6 heteroatoms. The average Bonchev–Trinajstić information content (AvgIpc) is 2.40. The molecule has 1 saturated carbocycles. The van der Waals surface area contributed by atoms with E-state index in [9.17, 15) is 8.42 Å². The van der Waals surface area contributed by atoms with E-state index < -0.39 is 9.84 Å². The highest BCUT2D eigenvalue weighted by Gasteiger charge is 2.30. The van der Waals surface area contributed by atoms with Crippen molar-refractivity contribution in [3.63, 3.8) is 0 Å². The van der Waals surface area contributed by atoms with E-state index >= 15 is 0 Å². The van der Waals surface area contributed by atoms with Crippen molar-refractivity contribution in [3.05, 3.63) is 28.2 Å². The molecule has 2 unspecified atom stereocenters. The van der Waals surface area contributed by atoms with E-state index in [1.54, 1.807) is 0 Å². The Morgan fingerprint density at radius 2 is 2.15 bits per heavy atom. The Labute approximate surface area is 128 Å². The Kier molecular flexibility index (Phi) is 5.09. The first-order chi connectivity index (χ1) is 9.40. The minimum Gasteiger partial charge on any atom is -0.489 e. The highest BCUT2D eigenvalue weighted by molar-refractivity contribution is 9.10. The van der Waals surface area contributed by atoms with Crippen molar-refractivity contribution in [1.82, 2.24) is 0 Å². The van der Waals surface area contributed by atoms with Crippen LogP contribution >= 0.6 is 15.9 Å². The van der Waals surface area contributed by atoms with Gasteiger partial charge in [0.1, 0.15) is 21.7 Å². The van der Waals surface area contributed by atoms with Crippen LogP contribution in [0.15, 0.2) is 22.7 Å². The largest absolute Gasteiger partial charge is 0.489 e. The van der Waals surface area contributed by atoms with E-state index in [2.05, 4.69) is 15.9 Å². The van der Waals surface area contributed by atoms with Gasteiger partial charge in [-0.3, -0.25) is 0 Å². The maximum atomic E-state index is 11.7. The number of halogens is 1. The minimum absolute atomic E-state index is 0.0384. The summed E-state index contributed by atoms with van der Waals surface area (Å²) in [5, 5.41) is -0.275. The molecule has 0 bridgehead atoms. The van der Waals surface area contributed by atoms with Crippen LogP contribution in [0.4, 0.5) is 0 Å². The fraction of sp³-hybridized carbons (Fsp3) is 0.571. The van der Waals surface area contributed by atoms with Crippen LogP contribution in [-0.4, -0.2) is 26.0 Å². The standard InChI is InChI=1S/C14H20BrNO3S/c1-20(17,18)12-4-2-3-11(8-12)19-14-6-5-10(9-16)7-13(14)15/h5-7,11-12H,2-4,8-9,16H2,1H3. The monoisotopic (exact) mass is 361 g/mol. The molecule has 4 nitrogen and oxygen atoms in total. The predicted octanol–water partition coefficient (Wildman–Crippen LogP) is 2.64. The number of hydrogen-bond acceptors (Lipinski definition) is 4. The Morgan fingerprint density at radius 1 is 1.40 bits per heavy atom. The summed E-state index contributed by atoms with van der Waals surface area (Å²) in [6, 6.07) is 5.75. The summed E-state index contributed by atoms with van der Waals surface area (Å²) in [5.74, 6) is 0.751.